The second-order valence-electron chi connectivity index (χ2n) is 4.31. The SMILES string of the molecule is Cc1ccc2nc(N)c(C(C)C)cc2c1. The summed E-state index contributed by atoms with van der Waals surface area (Å²) in [5, 5.41) is 1.17. The van der Waals surface area contributed by atoms with Crippen LogP contribution in [-0.2, 0) is 0 Å². The van der Waals surface area contributed by atoms with E-state index in [9.17, 15) is 0 Å². The Kier molecular flexibility index (Phi) is 2.35. The van der Waals surface area contributed by atoms with Crippen LogP contribution >= 0.6 is 0 Å². The highest BCUT2D eigenvalue weighted by atomic mass is 14.8. The average Bonchev–Trinajstić information content (AvgIpc) is 2.17. The van der Waals surface area contributed by atoms with Crippen molar-refractivity contribution in [2.45, 2.75) is 26.7 Å². The van der Waals surface area contributed by atoms with Crippen LogP contribution in [-0.4, -0.2) is 4.98 Å². The third kappa shape index (κ3) is 1.80. The summed E-state index contributed by atoms with van der Waals surface area (Å²) in [5.41, 5.74) is 9.28. The van der Waals surface area contributed by atoms with Crippen molar-refractivity contribution in [3.63, 3.8) is 0 Å². The van der Waals surface area contributed by atoms with Gasteiger partial charge in [0.05, 0.1) is 5.52 Å². The lowest BCUT2D eigenvalue weighted by atomic mass is 10.0. The normalized spacial score (nSPS) is 11.2. The zero-order valence-corrected chi connectivity index (χ0v) is 9.41. The molecular formula is C13H16N2. The molecule has 1 aromatic carbocycles. The molecule has 0 aliphatic heterocycles. The van der Waals surface area contributed by atoms with E-state index in [0.717, 1.165) is 11.1 Å². The van der Waals surface area contributed by atoms with Gasteiger partial charge in [-0.25, -0.2) is 4.98 Å². The maximum atomic E-state index is 5.91. The number of hydrogen-bond acceptors (Lipinski definition) is 2. The van der Waals surface area contributed by atoms with Crippen molar-refractivity contribution in [3.05, 3.63) is 35.4 Å². The van der Waals surface area contributed by atoms with Crippen LogP contribution in [0.15, 0.2) is 24.3 Å². The van der Waals surface area contributed by atoms with Gasteiger partial charge in [-0.1, -0.05) is 25.5 Å². The van der Waals surface area contributed by atoms with Crippen LogP contribution in [0.5, 0.6) is 0 Å². The van der Waals surface area contributed by atoms with Crippen molar-refractivity contribution < 1.29 is 0 Å². The standard InChI is InChI=1S/C13H16N2/c1-8(2)11-7-10-6-9(3)4-5-12(10)15-13(11)14/h4-8H,1-3H3,(H2,14,15). The van der Waals surface area contributed by atoms with E-state index < -0.39 is 0 Å². The monoisotopic (exact) mass is 200 g/mol. The fraction of sp³-hybridized carbons (Fsp3) is 0.308. The Morgan fingerprint density at radius 3 is 2.60 bits per heavy atom. The number of fused-ring (bicyclic) bond motifs is 1. The topological polar surface area (TPSA) is 38.9 Å². The molecule has 78 valence electrons. The van der Waals surface area contributed by atoms with Crippen molar-refractivity contribution in [2.24, 2.45) is 0 Å². The van der Waals surface area contributed by atoms with Gasteiger partial charge in [-0.2, -0.15) is 0 Å². The highest BCUT2D eigenvalue weighted by Crippen LogP contribution is 2.25. The van der Waals surface area contributed by atoms with Crippen LogP contribution in [0.1, 0.15) is 30.9 Å². The summed E-state index contributed by atoms with van der Waals surface area (Å²) in [7, 11) is 0. The molecule has 2 aromatic rings. The maximum absolute atomic E-state index is 5.91. The van der Waals surface area contributed by atoms with Gasteiger partial charge in [0.25, 0.3) is 0 Å². The molecule has 1 heterocycles. The van der Waals surface area contributed by atoms with E-state index in [2.05, 4.69) is 44.0 Å². The molecule has 0 atom stereocenters. The third-order valence-electron chi connectivity index (χ3n) is 2.65. The van der Waals surface area contributed by atoms with Crippen LogP contribution in [0.25, 0.3) is 10.9 Å². The number of aryl methyl sites for hydroxylation is 1. The first-order valence-electron chi connectivity index (χ1n) is 5.24. The first-order chi connectivity index (χ1) is 7.08. The number of anilines is 1. The number of rotatable bonds is 1. The number of nitrogens with zero attached hydrogens (tertiary/aromatic N) is 1. The minimum atomic E-state index is 0.419. The molecule has 0 aliphatic rings. The molecule has 1 aromatic heterocycles. The van der Waals surface area contributed by atoms with Crippen molar-refractivity contribution >= 4 is 16.7 Å². The van der Waals surface area contributed by atoms with E-state index in [0.29, 0.717) is 11.7 Å². The van der Waals surface area contributed by atoms with Gasteiger partial charge in [0.2, 0.25) is 0 Å². The molecule has 0 saturated carbocycles. The Labute approximate surface area is 90.1 Å². The average molecular weight is 200 g/mol. The predicted octanol–water partition coefficient (Wildman–Crippen LogP) is 3.25. The van der Waals surface area contributed by atoms with Crippen molar-refractivity contribution in [1.82, 2.24) is 4.98 Å². The molecular weight excluding hydrogens is 184 g/mol. The molecule has 2 heteroatoms. The van der Waals surface area contributed by atoms with E-state index in [4.69, 9.17) is 5.73 Å². The lowest BCUT2D eigenvalue weighted by molar-refractivity contribution is 0.866. The van der Waals surface area contributed by atoms with Crippen LogP contribution in [0, 0.1) is 6.92 Å². The van der Waals surface area contributed by atoms with Crippen molar-refractivity contribution in [1.29, 1.82) is 0 Å². The summed E-state index contributed by atoms with van der Waals surface area (Å²) in [6, 6.07) is 8.37. The van der Waals surface area contributed by atoms with E-state index >= 15 is 0 Å². The first-order valence-corrected chi connectivity index (χ1v) is 5.24. The second-order valence-corrected chi connectivity index (χ2v) is 4.31. The van der Waals surface area contributed by atoms with Gasteiger partial charge in [-0.3, -0.25) is 0 Å². The molecule has 2 nitrogen and oxygen atoms in total. The summed E-state index contributed by atoms with van der Waals surface area (Å²) in [5.74, 6) is 1.07. The summed E-state index contributed by atoms with van der Waals surface area (Å²) in [4.78, 5) is 4.42. The largest absolute Gasteiger partial charge is 0.383 e. The summed E-state index contributed by atoms with van der Waals surface area (Å²) < 4.78 is 0. The molecule has 0 amide bonds. The molecule has 0 radical (unpaired) electrons. The highest BCUT2D eigenvalue weighted by Gasteiger charge is 2.07. The summed E-state index contributed by atoms with van der Waals surface area (Å²) >= 11 is 0. The number of benzene rings is 1. The minimum Gasteiger partial charge on any atom is -0.383 e. The summed E-state index contributed by atoms with van der Waals surface area (Å²) in [6.45, 7) is 6.36. The molecule has 0 unspecified atom stereocenters. The quantitative estimate of drug-likeness (QED) is 0.767. The van der Waals surface area contributed by atoms with E-state index in [1.165, 1.54) is 10.9 Å². The molecule has 0 saturated heterocycles. The predicted molar refractivity (Wildman–Crippen MR) is 65.0 cm³/mol. The molecule has 2 N–H and O–H groups in total. The van der Waals surface area contributed by atoms with Gasteiger partial charge >= 0.3 is 0 Å². The van der Waals surface area contributed by atoms with Crippen molar-refractivity contribution in [3.8, 4) is 0 Å². The number of aromatic nitrogens is 1. The molecule has 2 rings (SSSR count). The minimum absolute atomic E-state index is 0.419. The Hall–Kier alpha value is -1.57. The number of hydrogen-bond donors (Lipinski definition) is 1. The summed E-state index contributed by atoms with van der Waals surface area (Å²) in [6.07, 6.45) is 0. The lowest BCUT2D eigenvalue weighted by Gasteiger charge is -2.10. The number of nitrogens with two attached hydrogens (primary N) is 1. The number of nitrogen functional groups attached to an aromatic ring is 1. The zero-order valence-electron chi connectivity index (χ0n) is 9.41. The molecule has 0 fully saturated rings. The zero-order chi connectivity index (χ0) is 11.0. The Balaban J connectivity index is 2.72. The Morgan fingerprint density at radius 1 is 1.20 bits per heavy atom. The second kappa shape index (κ2) is 3.54. The molecule has 0 spiro atoms. The van der Waals surface area contributed by atoms with Crippen LogP contribution < -0.4 is 5.73 Å². The fourth-order valence-corrected chi connectivity index (χ4v) is 1.79. The van der Waals surface area contributed by atoms with E-state index in [1.807, 2.05) is 6.07 Å². The number of pyridine rings is 1. The molecule has 0 aliphatic carbocycles. The Morgan fingerprint density at radius 2 is 1.93 bits per heavy atom. The smallest absolute Gasteiger partial charge is 0.127 e. The third-order valence-corrected chi connectivity index (χ3v) is 2.65. The van der Waals surface area contributed by atoms with Gasteiger partial charge in [0.15, 0.2) is 0 Å². The van der Waals surface area contributed by atoms with Gasteiger partial charge in [0.1, 0.15) is 5.82 Å². The van der Waals surface area contributed by atoms with Gasteiger partial charge < -0.3 is 5.73 Å². The van der Waals surface area contributed by atoms with Crippen molar-refractivity contribution in [2.75, 3.05) is 5.73 Å². The van der Waals surface area contributed by atoms with Gasteiger partial charge in [-0.15, -0.1) is 0 Å². The maximum Gasteiger partial charge on any atom is 0.127 e. The Bertz CT molecular complexity index is 501. The van der Waals surface area contributed by atoms with Crippen LogP contribution in [0.2, 0.25) is 0 Å². The van der Waals surface area contributed by atoms with E-state index in [1.54, 1.807) is 0 Å². The van der Waals surface area contributed by atoms with Crippen LogP contribution in [0.4, 0.5) is 5.82 Å². The van der Waals surface area contributed by atoms with Crippen LogP contribution in [0.3, 0.4) is 0 Å². The van der Waals surface area contributed by atoms with E-state index in [-0.39, 0.29) is 0 Å². The lowest BCUT2D eigenvalue weighted by Crippen LogP contribution is -1.99. The van der Waals surface area contributed by atoms with Gasteiger partial charge in [0, 0.05) is 5.39 Å². The highest BCUT2D eigenvalue weighted by molar-refractivity contribution is 5.82. The van der Waals surface area contributed by atoms with Gasteiger partial charge in [-0.05, 0) is 36.6 Å². The molecule has 0 bridgehead atoms. The molecule has 15 heavy (non-hydrogen) atoms. The fourth-order valence-electron chi connectivity index (χ4n) is 1.79. The first kappa shape index (κ1) is 9.97.